The first kappa shape index (κ1) is 19.5. The van der Waals surface area contributed by atoms with Gasteiger partial charge in [-0.05, 0) is 25.7 Å². The summed E-state index contributed by atoms with van der Waals surface area (Å²) in [5.74, 6) is -1.04. The van der Waals surface area contributed by atoms with E-state index < -0.39 is 12.1 Å². The molecule has 0 aromatic carbocycles. The van der Waals surface area contributed by atoms with E-state index in [-0.39, 0.29) is 30.5 Å². The number of ether oxygens (including phenoxy) is 1. The van der Waals surface area contributed by atoms with Crippen molar-refractivity contribution in [1.29, 1.82) is 0 Å². The number of urea groups is 1. The van der Waals surface area contributed by atoms with Crippen LogP contribution in [0.25, 0.3) is 0 Å². The fraction of sp³-hybridized carbons (Fsp3) is 0.824. The molecule has 0 saturated carbocycles. The van der Waals surface area contributed by atoms with Crippen LogP contribution in [0.4, 0.5) is 4.79 Å². The van der Waals surface area contributed by atoms with Crippen molar-refractivity contribution in [2.45, 2.75) is 45.8 Å². The Balaban J connectivity index is 1.94. The van der Waals surface area contributed by atoms with Crippen LogP contribution in [0.3, 0.4) is 0 Å². The van der Waals surface area contributed by atoms with Gasteiger partial charge in [-0.25, -0.2) is 9.59 Å². The minimum atomic E-state index is -1.05. The Labute approximate surface area is 148 Å². The van der Waals surface area contributed by atoms with Crippen LogP contribution in [0.2, 0.25) is 0 Å². The topological polar surface area (TPSA) is 99.2 Å². The Kier molecular flexibility index (Phi) is 6.64. The average Bonchev–Trinajstić information content (AvgIpc) is 2.58. The monoisotopic (exact) mass is 355 g/mol. The highest BCUT2D eigenvalue weighted by Gasteiger charge is 2.37. The van der Waals surface area contributed by atoms with Crippen LogP contribution in [-0.2, 0) is 14.3 Å². The number of piperidine rings is 1. The molecule has 25 heavy (non-hydrogen) atoms. The molecule has 2 N–H and O–H groups in total. The Hall–Kier alpha value is -1.83. The van der Waals surface area contributed by atoms with Gasteiger partial charge in [-0.15, -0.1) is 0 Å². The SMILES string of the molecule is CC(C)CNC(=O)N1CCCC(C(=O)N2CC(C(=O)O)O[C@H](C)C2)C1. The molecular formula is C17H29N3O5. The molecule has 2 fully saturated rings. The largest absolute Gasteiger partial charge is 0.479 e. The summed E-state index contributed by atoms with van der Waals surface area (Å²) in [5, 5.41) is 12.0. The fourth-order valence-corrected chi connectivity index (χ4v) is 3.29. The third-order valence-corrected chi connectivity index (χ3v) is 4.57. The molecule has 8 nitrogen and oxygen atoms in total. The van der Waals surface area contributed by atoms with Crippen LogP contribution < -0.4 is 5.32 Å². The van der Waals surface area contributed by atoms with E-state index in [1.165, 1.54) is 0 Å². The number of aliphatic carboxylic acids is 1. The third kappa shape index (κ3) is 5.32. The molecule has 0 aromatic heterocycles. The lowest BCUT2D eigenvalue weighted by molar-refractivity contribution is -0.168. The van der Waals surface area contributed by atoms with E-state index in [0.29, 0.717) is 32.1 Å². The van der Waals surface area contributed by atoms with Crippen molar-refractivity contribution in [2.75, 3.05) is 32.7 Å². The summed E-state index contributed by atoms with van der Waals surface area (Å²) in [5.41, 5.74) is 0. The molecule has 2 aliphatic heterocycles. The number of likely N-dealkylation sites (tertiary alicyclic amines) is 1. The van der Waals surface area contributed by atoms with Gasteiger partial charge < -0.3 is 25.0 Å². The molecule has 2 saturated heterocycles. The number of carbonyl (C=O) groups is 3. The number of rotatable bonds is 4. The van der Waals surface area contributed by atoms with Crippen molar-refractivity contribution in [3.05, 3.63) is 0 Å². The maximum absolute atomic E-state index is 12.8. The van der Waals surface area contributed by atoms with Crippen LogP contribution in [-0.4, -0.2) is 77.7 Å². The summed E-state index contributed by atoms with van der Waals surface area (Å²) in [4.78, 5) is 39.5. The first-order valence-electron chi connectivity index (χ1n) is 8.97. The van der Waals surface area contributed by atoms with Gasteiger partial charge in [-0.2, -0.15) is 0 Å². The van der Waals surface area contributed by atoms with E-state index in [2.05, 4.69) is 5.32 Å². The second kappa shape index (κ2) is 8.51. The van der Waals surface area contributed by atoms with Gasteiger partial charge in [0.15, 0.2) is 6.10 Å². The van der Waals surface area contributed by atoms with Crippen LogP contribution in [0.1, 0.15) is 33.6 Å². The van der Waals surface area contributed by atoms with Gasteiger partial charge in [0.05, 0.1) is 18.6 Å². The summed E-state index contributed by atoms with van der Waals surface area (Å²) >= 11 is 0. The molecule has 2 aliphatic rings. The van der Waals surface area contributed by atoms with Crippen molar-refractivity contribution >= 4 is 17.9 Å². The number of morpholine rings is 1. The van der Waals surface area contributed by atoms with Crippen LogP contribution in [0.15, 0.2) is 0 Å². The lowest BCUT2D eigenvalue weighted by atomic mass is 9.96. The Bertz CT molecular complexity index is 511. The Morgan fingerprint density at radius 3 is 2.56 bits per heavy atom. The molecule has 8 heteroatoms. The molecule has 0 bridgehead atoms. The summed E-state index contributed by atoms with van der Waals surface area (Å²) in [6.07, 6.45) is 0.193. The van der Waals surface area contributed by atoms with Gasteiger partial charge in [0.2, 0.25) is 5.91 Å². The number of carboxylic acid groups (broad SMARTS) is 1. The quantitative estimate of drug-likeness (QED) is 0.776. The highest BCUT2D eigenvalue weighted by Crippen LogP contribution is 2.21. The standard InChI is InChI=1S/C17H29N3O5/c1-11(2)7-18-17(24)19-6-4-5-13(9-19)15(21)20-8-12(3)25-14(10-20)16(22)23/h11-14H,4-10H2,1-3H3,(H,18,24)(H,22,23)/t12-,13?,14?/m1/s1. The van der Waals surface area contributed by atoms with Crippen LogP contribution in [0.5, 0.6) is 0 Å². The van der Waals surface area contributed by atoms with Crippen molar-refractivity contribution < 1.29 is 24.2 Å². The maximum atomic E-state index is 12.8. The maximum Gasteiger partial charge on any atom is 0.334 e. The number of hydrogen-bond acceptors (Lipinski definition) is 4. The smallest absolute Gasteiger partial charge is 0.334 e. The summed E-state index contributed by atoms with van der Waals surface area (Å²) in [6.45, 7) is 7.91. The average molecular weight is 355 g/mol. The first-order valence-corrected chi connectivity index (χ1v) is 8.97. The lowest BCUT2D eigenvalue weighted by Gasteiger charge is -2.39. The molecule has 0 aromatic rings. The summed E-state index contributed by atoms with van der Waals surface area (Å²) in [7, 11) is 0. The fourth-order valence-electron chi connectivity index (χ4n) is 3.29. The van der Waals surface area contributed by atoms with Crippen molar-refractivity contribution in [2.24, 2.45) is 11.8 Å². The molecule has 3 amide bonds. The van der Waals surface area contributed by atoms with E-state index in [0.717, 1.165) is 12.8 Å². The predicted molar refractivity (Wildman–Crippen MR) is 91.1 cm³/mol. The molecule has 0 aliphatic carbocycles. The third-order valence-electron chi connectivity index (χ3n) is 4.57. The van der Waals surface area contributed by atoms with Gasteiger partial charge >= 0.3 is 12.0 Å². The van der Waals surface area contributed by atoms with Crippen molar-refractivity contribution in [3.63, 3.8) is 0 Å². The molecule has 3 atom stereocenters. The highest BCUT2D eigenvalue weighted by molar-refractivity contribution is 5.82. The number of amides is 3. The predicted octanol–water partition coefficient (Wildman–Crippen LogP) is 0.765. The number of carboxylic acids is 1. The van der Waals surface area contributed by atoms with E-state index in [1.54, 1.807) is 16.7 Å². The normalized spacial score (nSPS) is 27.3. The van der Waals surface area contributed by atoms with E-state index >= 15 is 0 Å². The zero-order valence-corrected chi connectivity index (χ0v) is 15.2. The van der Waals surface area contributed by atoms with Crippen molar-refractivity contribution in [1.82, 2.24) is 15.1 Å². The molecule has 142 valence electrons. The van der Waals surface area contributed by atoms with Gasteiger partial charge in [0, 0.05) is 26.2 Å². The summed E-state index contributed by atoms with van der Waals surface area (Å²) in [6, 6.07) is -0.134. The van der Waals surface area contributed by atoms with E-state index in [9.17, 15) is 14.4 Å². The van der Waals surface area contributed by atoms with Crippen molar-refractivity contribution in [3.8, 4) is 0 Å². The molecule has 0 radical (unpaired) electrons. The van der Waals surface area contributed by atoms with E-state index in [4.69, 9.17) is 9.84 Å². The zero-order chi connectivity index (χ0) is 18.6. The van der Waals surface area contributed by atoms with Gasteiger partial charge in [0.1, 0.15) is 0 Å². The van der Waals surface area contributed by atoms with Gasteiger partial charge in [-0.3, -0.25) is 4.79 Å². The molecule has 2 heterocycles. The lowest BCUT2D eigenvalue weighted by Crippen LogP contribution is -2.55. The molecular weight excluding hydrogens is 326 g/mol. The van der Waals surface area contributed by atoms with Crippen LogP contribution >= 0.6 is 0 Å². The minimum absolute atomic E-state index is 0.0640. The number of hydrogen-bond donors (Lipinski definition) is 2. The second-order valence-corrected chi connectivity index (χ2v) is 7.38. The Morgan fingerprint density at radius 2 is 1.92 bits per heavy atom. The number of nitrogens with zero attached hydrogens (tertiary/aromatic N) is 2. The molecule has 2 rings (SSSR count). The van der Waals surface area contributed by atoms with Gasteiger partial charge in [0.25, 0.3) is 0 Å². The zero-order valence-electron chi connectivity index (χ0n) is 15.2. The number of carbonyl (C=O) groups excluding carboxylic acids is 2. The highest BCUT2D eigenvalue weighted by atomic mass is 16.5. The molecule has 0 spiro atoms. The van der Waals surface area contributed by atoms with Crippen LogP contribution in [0, 0.1) is 11.8 Å². The second-order valence-electron chi connectivity index (χ2n) is 7.38. The Morgan fingerprint density at radius 1 is 1.20 bits per heavy atom. The first-order chi connectivity index (χ1) is 11.8. The van der Waals surface area contributed by atoms with E-state index in [1.807, 2.05) is 13.8 Å². The number of nitrogens with one attached hydrogen (secondary N) is 1. The minimum Gasteiger partial charge on any atom is -0.479 e. The molecule has 2 unspecified atom stereocenters. The van der Waals surface area contributed by atoms with Gasteiger partial charge in [-0.1, -0.05) is 13.8 Å². The summed E-state index contributed by atoms with van der Waals surface area (Å²) < 4.78 is 5.36.